The molecule has 3 saturated heterocycles. The van der Waals surface area contributed by atoms with Gasteiger partial charge in [0.1, 0.15) is 79.0 Å². The molecule has 4 rings (SSSR count). The van der Waals surface area contributed by atoms with Crippen LogP contribution in [-0.2, 0) is 23.7 Å². The van der Waals surface area contributed by atoms with Crippen LogP contribution in [0.2, 0.25) is 0 Å². The number of rotatable bonds is 9. The third-order valence-electron chi connectivity index (χ3n) is 7.19. The molecule has 0 saturated carbocycles. The summed E-state index contributed by atoms with van der Waals surface area (Å²) in [6, 6.07) is 5.98. The van der Waals surface area contributed by atoms with E-state index in [2.05, 4.69) is 0 Å². The van der Waals surface area contributed by atoms with Crippen LogP contribution in [0.15, 0.2) is 24.3 Å². The Morgan fingerprint density at radius 1 is 0.585 bits per heavy atom. The first kappa shape index (κ1) is 32.1. The zero-order valence-electron chi connectivity index (χ0n) is 21.6. The molecule has 0 aromatic heterocycles. The Kier molecular flexibility index (Phi) is 10.7. The molecular weight excluding hydrogens is 558 g/mol. The molecule has 15 atom stereocenters. The third kappa shape index (κ3) is 6.90. The summed E-state index contributed by atoms with van der Waals surface area (Å²) in [7, 11) is 0. The molecule has 12 N–H and O–H groups in total. The number of benzene rings is 1. The molecule has 0 aliphatic carbocycles. The lowest BCUT2D eigenvalue weighted by molar-refractivity contribution is -0.358. The van der Waals surface area contributed by atoms with Crippen LogP contribution in [-0.4, -0.2) is 163 Å². The summed E-state index contributed by atoms with van der Waals surface area (Å²) in [5.41, 5.74) is 6.11. The van der Waals surface area contributed by atoms with Crippen LogP contribution in [0.3, 0.4) is 0 Å². The number of hydrogen-bond donors (Lipinski definition) is 11. The predicted molar refractivity (Wildman–Crippen MR) is 131 cm³/mol. The zero-order chi connectivity index (χ0) is 30.0. The van der Waals surface area contributed by atoms with Gasteiger partial charge in [-0.3, -0.25) is 0 Å². The Bertz CT molecular complexity index is 954. The van der Waals surface area contributed by atoms with Crippen molar-refractivity contribution in [2.45, 2.75) is 92.1 Å². The van der Waals surface area contributed by atoms with E-state index in [1.807, 2.05) is 0 Å². The van der Waals surface area contributed by atoms with Crippen molar-refractivity contribution < 1.29 is 79.5 Å². The third-order valence-corrected chi connectivity index (χ3v) is 7.19. The van der Waals surface area contributed by atoms with Gasteiger partial charge in [0.05, 0.1) is 19.8 Å². The largest absolute Gasteiger partial charge is 0.462 e. The average molecular weight is 596 g/mol. The molecule has 17 heteroatoms. The van der Waals surface area contributed by atoms with E-state index in [0.717, 1.165) is 0 Å². The van der Waals surface area contributed by atoms with Gasteiger partial charge in [-0.1, -0.05) is 0 Å². The van der Waals surface area contributed by atoms with Crippen molar-refractivity contribution in [1.29, 1.82) is 0 Å². The van der Waals surface area contributed by atoms with Crippen molar-refractivity contribution >= 4 is 5.69 Å². The van der Waals surface area contributed by atoms with Gasteiger partial charge in [0.15, 0.2) is 12.6 Å². The minimum absolute atomic E-state index is 0.194. The molecule has 0 spiro atoms. The van der Waals surface area contributed by atoms with Gasteiger partial charge in [0.2, 0.25) is 6.29 Å². The van der Waals surface area contributed by atoms with Crippen molar-refractivity contribution in [1.82, 2.24) is 0 Å². The number of ether oxygens (including phenoxy) is 6. The van der Waals surface area contributed by atoms with Crippen molar-refractivity contribution in [3.05, 3.63) is 24.3 Å². The highest BCUT2D eigenvalue weighted by molar-refractivity contribution is 5.41. The summed E-state index contributed by atoms with van der Waals surface area (Å²) < 4.78 is 33.2. The van der Waals surface area contributed by atoms with E-state index >= 15 is 0 Å². The van der Waals surface area contributed by atoms with Gasteiger partial charge in [-0.05, 0) is 24.3 Å². The van der Waals surface area contributed by atoms with Gasteiger partial charge < -0.3 is 85.2 Å². The summed E-state index contributed by atoms with van der Waals surface area (Å²) in [5, 5.41) is 102. The standard InChI is InChI=1S/C24H37NO16/c25-8-1-3-9(4-2-8)37-24-20(35)21(41-23-19(34)17(32)14(29)11(6-27)39-23)15(30)12(40-24)7-36-22-18(33)16(31)13(28)10(5-26)38-22/h1-4,10-24,26-35H,5-7,25H2/t10-,11+,12-,13-,14+,15-,16+,17-,18+,19-,20+,21+,22+,23+,24+/m1/s1. The number of aliphatic hydroxyl groups is 10. The van der Waals surface area contributed by atoms with Crippen molar-refractivity contribution in [2.75, 3.05) is 25.6 Å². The normalized spacial score (nSPS) is 45.4. The maximum atomic E-state index is 11.1. The van der Waals surface area contributed by atoms with E-state index < -0.39 is 112 Å². The maximum Gasteiger partial charge on any atom is 0.229 e. The van der Waals surface area contributed by atoms with Crippen molar-refractivity contribution in [3.63, 3.8) is 0 Å². The molecular formula is C24H37NO16. The molecule has 41 heavy (non-hydrogen) atoms. The van der Waals surface area contributed by atoms with Gasteiger partial charge in [-0.2, -0.15) is 0 Å². The lowest BCUT2D eigenvalue weighted by Gasteiger charge is -2.46. The Labute approximate surface area is 233 Å². The Balaban J connectivity index is 1.52. The summed E-state index contributed by atoms with van der Waals surface area (Å²) in [4.78, 5) is 0. The van der Waals surface area contributed by atoms with Crippen LogP contribution in [0.4, 0.5) is 5.69 Å². The first-order valence-corrected chi connectivity index (χ1v) is 12.9. The fourth-order valence-corrected chi connectivity index (χ4v) is 4.71. The second-order valence-electron chi connectivity index (χ2n) is 10.0. The zero-order valence-corrected chi connectivity index (χ0v) is 21.6. The van der Waals surface area contributed by atoms with Crippen molar-refractivity contribution in [3.8, 4) is 5.75 Å². The molecule has 234 valence electrons. The monoisotopic (exact) mass is 595 g/mol. The van der Waals surface area contributed by atoms with Gasteiger partial charge in [0.25, 0.3) is 0 Å². The van der Waals surface area contributed by atoms with E-state index in [9.17, 15) is 51.1 Å². The Morgan fingerprint density at radius 2 is 1.10 bits per heavy atom. The van der Waals surface area contributed by atoms with Crippen LogP contribution in [0.1, 0.15) is 0 Å². The smallest absolute Gasteiger partial charge is 0.229 e. The number of aliphatic hydroxyl groups excluding tert-OH is 10. The molecule has 1 aromatic carbocycles. The molecule has 0 bridgehead atoms. The topological polar surface area (TPSA) is 284 Å². The SMILES string of the molecule is Nc1ccc(O[C@H]2O[C@H](CO[C@H]3O[C@H](CO)[C@@H](O)[C@H](O)[C@@H]3O)[C@@H](O)[C@H](O[C@@H]3O[C@@H](CO)[C@H](O)[C@@H](O)[C@H]3O)[C@@H]2O)cc1. The Hall–Kier alpha value is -1.78. The van der Waals surface area contributed by atoms with Crippen LogP contribution >= 0.6 is 0 Å². The van der Waals surface area contributed by atoms with Crippen LogP contribution in [0.25, 0.3) is 0 Å². The fraction of sp³-hybridized carbons (Fsp3) is 0.750. The van der Waals surface area contributed by atoms with Gasteiger partial charge >= 0.3 is 0 Å². The van der Waals surface area contributed by atoms with E-state index in [4.69, 9.17) is 34.2 Å². The highest BCUT2D eigenvalue weighted by Gasteiger charge is 2.52. The quantitative estimate of drug-likeness (QED) is 0.118. The summed E-state index contributed by atoms with van der Waals surface area (Å²) in [6.07, 6.45) is -24.4. The fourth-order valence-electron chi connectivity index (χ4n) is 4.71. The molecule has 1 aromatic rings. The molecule has 3 aliphatic rings. The number of hydrogen-bond acceptors (Lipinski definition) is 17. The van der Waals surface area contributed by atoms with Crippen LogP contribution in [0, 0.1) is 0 Å². The number of nitrogens with two attached hydrogens (primary N) is 1. The van der Waals surface area contributed by atoms with Crippen LogP contribution in [0.5, 0.6) is 5.75 Å². The molecule has 3 fully saturated rings. The van der Waals surface area contributed by atoms with Crippen molar-refractivity contribution in [2.24, 2.45) is 0 Å². The number of anilines is 1. The number of nitrogen functional groups attached to an aromatic ring is 1. The minimum atomic E-state index is -1.85. The highest BCUT2D eigenvalue weighted by atomic mass is 16.7. The van der Waals surface area contributed by atoms with E-state index in [0.29, 0.717) is 5.69 Å². The summed E-state index contributed by atoms with van der Waals surface area (Å²) in [6.45, 7) is -2.03. The second-order valence-corrected chi connectivity index (χ2v) is 10.0. The van der Waals surface area contributed by atoms with E-state index in [1.54, 1.807) is 0 Å². The molecule has 17 nitrogen and oxygen atoms in total. The molecule has 3 heterocycles. The molecule has 0 radical (unpaired) electrons. The van der Waals surface area contributed by atoms with Gasteiger partial charge in [-0.15, -0.1) is 0 Å². The highest BCUT2D eigenvalue weighted by Crippen LogP contribution is 2.31. The minimum Gasteiger partial charge on any atom is -0.462 e. The lowest BCUT2D eigenvalue weighted by atomic mass is 9.96. The van der Waals surface area contributed by atoms with Gasteiger partial charge in [-0.25, -0.2) is 0 Å². The van der Waals surface area contributed by atoms with Gasteiger partial charge in [0, 0.05) is 5.69 Å². The predicted octanol–water partition coefficient (Wildman–Crippen LogP) is -5.90. The van der Waals surface area contributed by atoms with E-state index in [1.165, 1.54) is 24.3 Å². The molecule has 0 amide bonds. The first-order valence-electron chi connectivity index (χ1n) is 12.9. The van der Waals surface area contributed by atoms with E-state index in [-0.39, 0.29) is 5.75 Å². The molecule has 0 unspecified atom stereocenters. The molecule has 3 aliphatic heterocycles. The lowest BCUT2D eigenvalue weighted by Crippen LogP contribution is -2.65. The second kappa shape index (κ2) is 13.7. The summed E-state index contributed by atoms with van der Waals surface area (Å²) >= 11 is 0. The maximum absolute atomic E-state index is 11.1. The average Bonchev–Trinajstić information content (AvgIpc) is 2.96. The van der Waals surface area contributed by atoms with Crippen LogP contribution < -0.4 is 10.5 Å². The first-order chi connectivity index (χ1) is 19.5. The Morgan fingerprint density at radius 3 is 1.66 bits per heavy atom. The summed E-state index contributed by atoms with van der Waals surface area (Å²) in [5.74, 6) is 0.194.